The number of hydrogen-bond donors (Lipinski definition) is 1. The van der Waals surface area contributed by atoms with Gasteiger partial charge in [-0.3, -0.25) is 4.79 Å². The predicted octanol–water partition coefficient (Wildman–Crippen LogP) is 3.42. The molecule has 3 rings (SSSR count). The Hall–Kier alpha value is -1.22. The number of carbonyl (C=O) groups is 1. The molecule has 1 N–H and O–H groups in total. The van der Waals surface area contributed by atoms with Gasteiger partial charge in [-0.25, -0.2) is 0 Å². The van der Waals surface area contributed by atoms with Crippen LogP contribution in [0.5, 0.6) is 0 Å². The van der Waals surface area contributed by atoms with Gasteiger partial charge in [-0.1, -0.05) is 11.6 Å². The molecule has 2 fully saturated rings. The molecular formula is C15H18ClNO2. The summed E-state index contributed by atoms with van der Waals surface area (Å²) in [6, 6.07) is 7.94. The van der Waals surface area contributed by atoms with Crippen LogP contribution in [0.2, 0.25) is 5.02 Å². The Morgan fingerprint density at radius 1 is 1.21 bits per heavy atom. The van der Waals surface area contributed by atoms with Crippen LogP contribution in [0.25, 0.3) is 0 Å². The summed E-state index contributed by atoms with van der Waals surface area (Å²) in [6.07, 6.45) is 4.96. The number of carboxylic acid groups (broad SMARTS) is 1. The second kappa shape index (κ2) is 5.04. The summed E-state index contributed by atoms with van der Waals surface area (Å²) >= 11 is 5.92. The van der Waals surface area contributed by atoms with Crippen LogP contribution >= 0.6 is 11.6 Å². The third-order valence-corrected chi connectivity index (χ3v) is 4.29. The fourth-order valence-electron chi connectivity index (χ4n) is 2.92. The second-order valence-corrected chi connectivity index (χ2v) is 6.10. The van der Waals surface area contributed by atoms with E-state index in [2.05, 4.69) is 4.90 Å². The smallest absolute Gasteiger partial charge is 0.323 e. The maximum atomic E-state index is 11.2. The summed E-state index contributed by atoms with van der Waals surface area (Å²) in [6.45, 7) is 0.0826. The molecule has 2 aliphatic rings. The number of hydrogen-bond acceptors (Lipinski definition) is 2. The highest BCUT2D eigenvalue weighted by molar-refractivity contribution is 6.30. The van der Waals surface area contributed by atoms with Crippen LogP contribution in [0.4, 0.5) is 5.69 Å². The maximum Gasteiger partial charge on any atom is 0.323 e. The van der Waals surface area contributed by atoms with Crippen LogP contribution in [0.1, 0.15) is 25.7 Å². The van der Waals surface area contributed by atoms with E-state index >= 15 is 0 Å². The molecule has 0 unspecified atom stereocenters. The molecule has 0 amide bonds. The molecule has 0 aliphatic heterocycles. The van der Waals surface area contributed by atoms with E-state index in [-0.39, 0.29) is 6.54 Å². The van der Waals surface area contributed by atoms with Gasteiger partial charge in [0.2, 0.25) is 0 Å². The highest BCUT2D eigenvalue weighted by Crippen LogP contribution is 2.48. The van der Waals surface area contributed by atoms with Crippen LogP contribution < -0.4 is 4.90 Å². The lowest BCUT2D eigenvalue weighted by atomic mass is 10.0. The van der Waals surface area contributed by atoms with Crippen molar-refractivity contribution in [1.29, 1.82) is 0 Å². The molecule has 102 valence electrons. The zero-order valence-electron chi connectivity index (χ0n) is 10.8. The van der Waals surface area contributed by atoms with E-state index in [0.717, 1.165) is 5.69 Å². The van der Waals surface area contributed by atoms with Gasteiger partial charge >= 0.3 is 5.97 Å². The average molecular weight is 280 g/mol. The van der Waals surface area contributed by atoms with E-state index in [1.54, 1.807) is 0 Å². The molecule has 0 atom stereocenters. The molecule has 0 bridgehead atoms. The van der Waals surface area contributed by atoms with Crippen LogP contribution in [0.15, 0.2) is 24.3 Å². The van der Waals surface area contributed by atoms with Crippen molar-refractivity contribution in [3.63, 3.8) is 0 Å². The number of rotatable bonds is 6. The van der Waals surface area contributed by atoms with E-state index in [0.29, 0.717) is 22.9 Å². The highest BCUT2D eigenvalue weighted by atomic mass is 35.5. The van der Waals surface area contributed by atoms with Gasteiger partial charge in [-0.05, 0) is 61.8 Å². The first-order chi connectivity index (χ1) is 9.15. The fourth-order valence-corrected chi connectivity index (χ4v) is 3.04. The van der Waals surface area contributed by atoms with Gasteiger partial charge in [0.1, 0.15) is 6.54 Å². The first-order valence-electron chi connectivity index (χ1n) is 6.89. The molecule has 0 aromatic heterocycles. The van der Waals surface area contributed by atoms with E-state index in [1.807, 2.05) is 24.3 Å². The molecule has 1 aromatic rings. The Labute approximate surface area is 118 Å². The van der Waals surface area contributed by atoms with Gasteiger partial charge in [0, 0.05) is 16.8 Å². The van der Waals surface area contributed by atoms with Crippen molar-refractivity contribution in [3.8, 4) is 0 Å². The van der Waals surface area contributed by atoms with E-state index in [4.69, 9.17) is 11.6 Å². The van der Waals surface area contributed by atoms with Crippen molar-refractivity contribution in [3.05, 3.63) is 29.3 Å². The van der Waals surface area contributed by atoms with Crippen molar-refractivity contribution < 1.29 is 9.90 Å². The van der Waals surface area contributed by atoms with Crippen molar-refractivity contribution >= 4 is 23.3 Å². The molecule has 4 heteroatoms. The van der Waals surface area contributed by atoms with Crippen molar-refractivity contribution in [1.82, 2.24) is 0 Å². The molecule has 1 aromatic carbocycles. The highest BCUT2D eigenvalue weighted by Gasteiger charge is 2.45. The lowest BCUT2D eigenvalue weighted by Crippen LogP contribution is -2.42. The molecular weight excluding hydrogens is 262 g/mol. The fraction of sp³-hybridized carbons (Fsp3) is 0.533. The maximum absolute atomic E-state index is 11.2. The monoisotopic (exact) mass is 279 g/mol. The quantitative estimate of drug-likeness (QED) is 0.867. The molecule has 2 aliphatic carbocycles. The standard InChI is InChI=1S/C15H18ClNO2/c16-12-5-7-13(8-6-12)17(9-14(18)19)15(10-1-2-10)11-3-4-11/h5-8,10-11,15H,1-4,9H2,(H,18,19). The number of benzene rings is 1. The Balaban J connectivity index is 1.86. The summed E-state index contributed by atoms with van der Waals surface area (Å²) in [5.41, 5.74) is 0.982. The Kier molecular flexibility index (Phi) is 3.40. The molecule has 2 saturated carbocycles. The topological polar surface area (TPSA) is 40.5 Å². The Bertz CT molecular complexity index is 454. The lowest BCUT2D eigenvalue weighted by molar-refractivity contribution is -0.135. The minimum atomic E-state index is -0.763. The van der Waals surface area contributed by atoms with E-state index in [1.165, 1.54) is 25.7 Å². The number of aliphatic carboxylic acids is 1. The third-order valence-electron chi connectivity index (χ3n) is 4.03. The lowest BCUT2D eigenvalue weighted by Gasteiger charge is -2.33. The van der Waals surface area contributed by atoms with Gasteiger partial charge < -0.3 is 10.0 Å². The molecule has 0 saturated heterocycles. The third kappa shape index (κ3) is 3.03. The van der Waals surface area contributed by atoms with Crippen molar-refractivity contribution in [2.75, 3.05) is 11.4 Å². The SMILES string of the molecule is O=C(O)CN(c1ccc(Cl)cc1)C(C1CC1)C1CC1. The van der Waals surface area contributed by atoms with Crippen LogP contribution in [-0.4, -0.2) is 23.7 Å². The van der Waals surface area contributed by atoms with Crippen LogP contribution in [0, 0.1) is 11.8 Å². The predicted molar refractivity (Wildman–Crippen MR) is 75.7 cm³/mol. The minimum Gasteiger partial charge on any atom is -0.480 e. The first kappa shape index (κ1) is 12.8. The van der Waals surface area contributed by atoms with E-state index < -0.39 is 5.97 Å². The summed E-state index contributed by atoms with van der Waals surface area (Å²) in [7, 11) is 0. The number of halogens is 1. The molecule has 0 spiro atoms. The summed E-state index contributed by atoms with van der Waals surface area (Å²) in [5.74, 6) is 0.603. The summed E-state index contributed by atoms with van der Waals surface area (Å²) in [4.78, 5) is 13.3. The van der Waals surface area contributed by atoms with Crippen molar-refractivity contribution in [2.45, 2.75) is 31.7 Å². The molecule has 0 radical (unpaired) electrons. The normalized spacial score (nSPS) is 18.6. The first-order valence-corrected chi connectivity index (χ1v) is 7.27. The summed E-state index contributed by atoms with van der Waals surface area (Å²) in [5, 5.41) is 9.87. The zero-order valence-corrected chi connectivity index (χ0v) is 11.5. The number of anilines is 1. The largest absolute Gasteiger partial charge is 0.480 e. The molecule has 3 nitrogen and oxygen atoms in total. The zero-order chi connectivity index (χ0) is 13.4. The van der Waals surface area contributed by atoms with Gasteiger partial charge in [0.05, 0.1) is 0 Å². The average Bonchev–Trinajstić information content (AvgIpc) is 3.23. The minimum absolute atomic E-state index is 0.0826. The van der Waals surface area contributed by atoms with Gasteiger partial charge in [0.15, 0.2) is 0 Å². The van der Waals surface area contributed by atoms with Crippen LogP contribution in [0.3, 0.4) is 0 Å². The number of nitrogens with zero attached hydrogens (tertiary/aromatic N) is 1. The molecule has 19 heavy (non-hydrogen) atoms. The van der Waals surface area contributed by atoms with Crippen LogP contribution in [-0.2, 0) is 4.79 Å². The van der Waals surface area contributed by atoms with E-state index in [9.17, 15) is 9.90 Å². The van der Waals surface area contributed by atoms with Crippen molar-refractivity contribution in [2.24, 2.45) is 11.8 Å². The number of carboxylic acids is 1. The van der Waals surface area contributed by atoms with Gasteiger partial charge in [-0.15, -0.1) is 0 Å². The Morgan fingerprint density at radius 2 is 1.74 bits per heavy atom. The Morgan fingerprint density at radius 3 is 2.16 bits per heavy atom. The summed E-state index contributed by atoms with van der Waals surface area (Å²) < 4.78 is 0. The molecule has 0 heterocycles. The van der Waals surface area contributed by atoms with Gasteiger partial charge in [0.25, 0.3) is 0 Å². The second-order valence-electron chi connectivity index (χ2n) is 5.66. The van der Waals surface area contributed by atoms with Gasteiger partial charge in [-0.2, -0.15) is 0 Å².